The van der Waals surface area contributed by atoms with E-state index in [4.69, 9.17) is 9.47 Å². The lowest BCUT2D eigenvalue weighted by atomic mass is 10.2. The van der Waals surface area contributed by atoms with Crippen molar-refractivity contribution in [1.29, 1.82) is 0 Å². The molecule has 1 fully saturated rings. The smallest absolute Gasteiger partial charge is 0.338 e. The fraction of sp³-hybridized carbons (Fsp3) is 0.233. The Labute approximate surface area is 280 Å². The molecule has 1 aliphatic heterocycles. The van der Waals surface area contributed by atoms with Crippen LogP contribution < -0.4 is 15.7 Å². The molecule has 0 spiro atoms. The molecule has 1 aliphatic rings. The molecule has 1 amide bonds. The molecule has 0 bridgehead atoms. The zero-order valence-corrected chi connectivity index (χ0v) is 29.3. The lowest BCUT2D eigenvalue weighted by molar-refractivity contribution is 0.0488. The van der Waals surface area contributed by atoms with Crippen LogP contribution in [0.15, 0.2) is 86.2 Å². The van der Waals surface area contributed by atoms with Gasteiger partial charge in [0, 0.05) is 37.8 Å². The highest BCUT2D eigenvalue weighted by atomic mass is 79.9. The van der Waals surface area contributed by atoms with Gasteiger partial charge in [0.2, 0.25) is 0 Å². The minimum atomic E-state index is -3.63. The van der Waals surface area contributed by atoms with Crippen molar-refractivity contribution in [2.24, 2.45) is 0 Å². The normalized spacial score (nSPS) is 14.9. The van der Waals surface area contributed by atoms with Crippen LogP contribution >= 0.6 is 55.2 Å². The summed E-state index contributed by atoms with van der Waals surface area (Å²) in [7, 11) is -3.63. The number of carbonyl (C=O) groups is 2. The number of aromatic nitrogens is 2. The predicted octanol–water partition coefficient (Wildman–Crippen LogP) is 6.85. The molecule has 44 heavy (non-hydrogen) atoms. The fourth-order valence-electron chi connectivity index (χ4n) is 4.70. The molecule has 2 heterocycles. The first-order valence-corrected chi connectivity index (χ1v) is 17.7. The lowest BCUT2D eigenvalue weighted by Gasteiger charge is -2.35. The van der Waals surface area contributed by atoms with Gasteiger partial charge in [0.25, 0.3) is 13.4 Å². The minimum Gasteiger partial charge on any atom is -0.460 e. The van der Waals surface area contributed by atoms with Crippen LogP contribution in [0.1, 0.15) is 26.4 Å². The van der Waals surface area contributed by atoms with Gasteiger partial charge in [-0.15, -0.1) is 0 Å². The Bertz CT molecular complexity index is 1680. The summed E-state index contributed by atoms with van der Waals surface area (Å²) in [5, 5.41) is 11.3. The zero-order valence-electron chi connectivity index (χ0n) is 23.6. The van der Waals surface area contributed by atoms with Gasteiger partial charge in [0.1, 0.15) is 17.7 Å². The van der Waals surface area contributed by atoms with Gasteiger partial charge in [-0.1, -0.05) is 47.8 Å². The SMILES string of the molecule is Cc1nn(CCOC(=O)c2ccc(Br)cc2)c(NC(=O)c2ccc(Br)cc2)c1P(=O)(Nc1ccc(Br)cc1)N1CCOCC1. The van der Waals surface area contributed by atoms with E-state index in [0.717, 1.165) is 13.4 Å². The number of anilines is 2. The summed E-state index contributed by atoms with van der Waals surface area (Å²) in [5.41, 5.74) is 1.93. The molecule has 1 atom stereocenters. The van der Waals surface area contributed by atoms with E-state index in [9.17, 15) is 9.59 Å². The summed E-state index contributed by atoms with van der Waals surface area (Å²) in [6, 6.07) is 21.2. The maximum atomic E-state index is 15.3. The summed E-state index contributed by atoms with van der Waals surface area (Å²) < 4.78 is 32.3. The van der Waals surface area contributed by atoms with Crippen LogP contribution in [0.4, 0.5) is 11.5 Å². The van der Waals surface area contributed by atoms with E-state index in [2.05, 4.69) is 63.3 Å². The van der Waals surface area contributed by atoms with Crippen LogP contribution in [-0.2, 0) is 20.6 Å². The molecule has 1 aromatic heterocycles. The second-order valence-electron chi connectivity index (χ2n) is 9.87. The van der Waals surface area contributed by atoms with Crippen molar-refractivity contribution in [1.82, 2.24) is 14.5 Å². The van der Waals surface area contributed by atoms with Crippen molar-refractivity contribution >= 4 is 83.9 Å². The number of halogens is 3. The number of hydrogen-bond donors (Lipinski definition) is 2. The molecule has 3 aromatic carbocycles. The number of rotatable bonds is 10. The van der Waals surface area contributed by atoms with Crippen molar-refractivity contribution in [3.8, 4) is 0 Å². The van der Waals surface area contributed by atoms with Crippen LogP contribution in [0.5, 0.6) is 0 Å². The Morgan fingerprint density at radius 3 is 2.02 bits per heavy atom. The second kappa shape index (κ2) is 14.5. The van der Waals surface area contributed by atoms with Gasteiger partial charge in [-0.3, -0.25) is 9.36 Å². The molecule has 0 aliphatic carbocycles. The van der Waals surface area contributed by atoms with Crippen LogP contribution in [0.2, 0.25) is 0 Å². The molecular formula is C30H29Br3N5O5P. The molecule has 230 valence electrons. The molecule has 1 unspecified atom stereocenters. The first-order chi connectivity index (χ1) is 21.1. The zero-order chi connectivity index (χ0) is 31.3. The third-order valence-electron chi connectivity index (χ3n) is 6.86. The van der Waals surface area contributed by atoms with Gasteiger partial charge in [-0.25, -0.2) is 14.1 Å². The number of nitrogens with one attached hydrogen (secondary N) is 2. The highest BCUT2D eigenvalue weighted by Gasteiger charge is 2.40. The third kappa shape index (κ3) is 7.70. The number of morpholine rings is 1. The average molecular weight is 810 g/mol. The molecule has 4 aromatic rings. The molecule has 0 saturated carbocycles. The third-order valence-corrected chi connectivity index (χ3v) is 11.3. The van der Waals surface area contributed by atoms with Gasteiger partial charge in [-0.2, -0.15) is 5.10 Å². The maximum absolute atomic E-state index is 15.3. The van der Waals surface area contributed by atoms with Crippen molar-refractivity contribution in [2.75, 3.05) is 43.3 Å². The van der Waals surface area contributed by atoms with E-state index in [1.807, 2.05) is 28.9 Å². The first kappa shape index (κ1) is 32.6. The fourth-order valence-corrected chi connectivity index (χ4v) is 8.19. The number of hydrogen-bond acceptors (Lipinski definition) is 6. The van der Waals surface area contributed by atoms with Gasteiger partial charge in [-0.05, 0) is 79.7 Å². The van der Waals surface area contributed by atoms with Crippen LogP contribution in [0.3, 0.4) is 0 Å². The summed E-state index contributed by atoms with van der Waals surface area (Å²) in [6.45, 7) is 3.48. The monoisotopic (exact) mass is 807 g/mol. The van der Waals surface area contributed by atoms with Crippen molar-refractivity contribution in [3.63, 3.8) is 0 Å². The van der Waals surface area contributed by atoms with Gasteiger partial charge in [0.05, 0.1) is 31.0 Å². The van der Waals surface area contributed by atoms with E-state index in [0.29, 0.717) is 54.1 Å². The Morgan fingerprint density at radius 2 is 1.43 bits per heavy atom. The van der Waals surface area contributed by atoms with E-state index in [1.54, 1.807) is 55.5 Å². The Morgan fingerprint density at radius 1 is 0.886 bits per heavy atom. The molecule has 0 radical (unpaired) electrons. The predicted molar refractivity (Wildman–Crippen MR) is 181 cm³/mol. The standard InChI is InChI=1S/C30H29Br3N5O5P/c1-20-27(44(41,37-14-17-42-18-15-37)36-26-12-10-25(33)11-13-26)28(34-29(39)21-2-6-23(31)7-3-21)38(35-20)16-19-43-30(40)22-4-8-24(32)9-5-22/h2-13H,14-19H2,1H3,(H,34,39)(H,36,41). The highest BCUT2D eigenvalue weighted by molar-refractivity contribution is 9.11. The largest absolute Gasteiger partial charge is 0.460 e. The average Bonchev–Trinajstić information content (AvgIpc) is 3.33. The number of nitrogens with zero attached hydrogens (tertiary/aromatic N) is 3. The van der Waals surface area contributed by atoms with E-state index in [1.165, 1.54) is 4.68 Å². The van der Waals surface area contributed by atoms with Crippen molar-refractivity contribution in [2.45, 2.75) is 13.5 Å². The number of esters is 1. The number of carbonyl (C=O) groups excluding carboxylic acids is 2. The summed E-state index contributed by atoms with van der Waals surface area (Å²) in [5.74, 6) is -0.628. The van der Waals surface area contributed by atoms with Gasteiger partial charge < -0.3 is 19.9 Å². The van der Waals surface area contributed by atoms with E-state index < -0.39 is 19.3 Å². The van der Waals surface area contributed by atoms with E-state index in [-0.39, 0.29) is 19.0 Å². The van der Waals surface area contributed by atoms with Crippen LogP contribution in [-0.4, -0.2) is 59.2 Å². The maximum Gasteiger partial charge on any atom is 0.338 e. The number of benzene rings is 3. The van der Waals surface area contributed by atoms with Crippen LogP contribution in [0, 0.1) is 6.92 Å². The molecule has 10 nitrogen and oxygen atoms in total. The quantitative estimate of drug-likeness (QED) is 0.132. The van der Waals surface area contributed by atoms with Gasteiger partial charge >= 0.3 is 5.97 Å². The molecule has 1 saturated heterocycles. The van der Waals surface area contributed by atoms with Gasteiger partial charge in [0.15, 0.2) is 0 Å². The first-order valence-electron chi connectivity index (χ1n) is 13.7. The number of ether oxygens (including phenoxy) is 2. The van der Waals surface area contributed by atoms with E-state index >= 15 is 4.57 Å². The summed E-state index contributed by atoms with van der Waals surface area (Å²) in [6.07, 6.45) is 0. The second-order valence-corrected chi connectivity index (χ2v) is 15.0. The Balaban J connectivity index is 1.51. The number of aryl methyl sites for hydroxylation is 1. The minimum absolute atomic E-state index is 0.0292. The van der Waals surface area contributed by atoms with Crippen molar-refractivity contribution in [3.05, 3.63) is 103 Å². The molecule has 5 rings (SSSR count). The Hall–Kier alpha value is -2.80. The highest BCUT2D eigenvalue weighted by Crippen LogP contribution is 2.51. The van der Waals surface area contributed by atoms with Crippen LogP contribution in [0.25, 0.3) is 0 Å². The summed E-state index contributed by atoms with van der Waals surface area (Å²) in [4.78, 5) is 26.2. The number of amides is 1. The Kier molecular flexibility index (Phi) is 10.8. The van der Waals surface area contributed by atoms with Crippen molar-refractivity contribution < 1.29 is 23.6 Å². The molecular weight excluding hydrogens is 781 g/mol. The molecule has 2 N–H and O–H groups in total. The lowest BCUT2D eigenvalue weighted by Crippen LogP contribution is -2.40. The molecule has 14 heteroatoms. The topological polar surface area (TPSA) is 115 Å². The summed E-state index contributed by atoms with van der Waals surface area (Å²) >= 11 is 10.2.